The first-order chi connectivity index (χ1) is 12.0. The molecule has 3 rings (SSSR count). The Morgan fingerprint density at radius 1 is 1.32 bits per heavy atom. The number of halogens is 1. The van der Waals surface area contributed by atoms with Crippen LogP contribution in [0.3, 0.4) is 0 Å². The van der Waals surface area contributed by atoms with E-state index in [1.54, 1.807) is 24.4 Å². The van der Waals surface area contributed by atoms with Gasteiger partial charge in [0.25, 0.3) is 5.56 Å². The predicted molar refractivity (Wildman–Crippen MR) is 94.3 cm³/mol. The number of piperidine rings is 1. The van der Waals surface area contributed by atoms with Crippen molar-refractivity contribution in [2.75, 3.05) is 25.0 Å². The lowest BCUT2D eigenvalue weighted by Gasteiger charge is -2.29. The highest BCUT2D eigenvalue weighted by molar-refractivity contribution is 5.92. The molecule has 1 amide bonds. The molecular weight excluding hydrogens is 323 g/mol. The maximum atomic E-state index is 14.3. The van der Waals surface area contributed by atoms with E-state index < -0.39 is 5.82 Å². The summed E-state index contributed by atoms with van der Waals surface area (Å²) in [6.45, 7) is 1.68. The van der Waals surface area contributed by atoms with Gasteiger partial charge >= 0.3 is 0 Å². The van der Waals surface area contributed by atoms with Crippen LogP contribution in [0.15, 0.2) is 47.4 Å². The van der Waals surface area contributed by atoms with Gasteiger partial charge in [-0.2, -0.15) is 0 Å². The minimum Gasteiger partial charge on any atom is -0.327 e. The smallest absolute Gasteiger partial charge is 0.255 e. The van der Waals surface area contributed by atoms with Gasteiger partial charge < -0.3 is 11.1 Å². The molecule has 1 aromatic carbocycles. The molecular formula is C18H21FN4O2. The summed E-state index contributed by atoms with van der Waals surface area (Å²) in [6, 6.07) is 9.09. The number of aromatic nitrogens is 1. The van der Waals surface area contributed by atoms with Gasteiger partial charge in [-0.05, 0) is 37.6 Å². The summed E-state index contributed by atoms with van der Waals surface area (Å²) in [7, 11) is 0. The Hall–Kier alpha value is -2.51. The van der Waals surface area contributed by atoms with Crippen molar-refractivity contribution in [2.24, 2.45) is 5.73 Å². The topological polar surface area (TPSA) is 80.4 Å². The molecule has 25 heavy (non-hydrogen) atoms. The number of hydrogen-bond acceptors (Lipinski definition) is 4. The van der Waals surface area contributed by atoms with Crippen LogP contribution in [-0.2, 0) is 4.79 Å². The van der Waals surface area contributed by atoms with Crippen LogP contribution in [0.5, 0.6) is 0 Å². The second kappa shape index (κ2) is 7.58. The third-order valence-electron chi connectivity index (χ3n) is 4.24. The number of amides is 1. The monoisotopic (exact) mass is 344 g/mol. The summed E-state index contributed by atoms with van der Waals surface area (Å²) in [6.07, 6.45) is 3.49. The minimum atomic E-state index is -0.586. The molecule has 132 valence electrons. The molecule has 0 bridgehead atoms. The first-order valence-corrected chi connectivity index (χ1v) is 8.28. The molecule has 0 spiro atoms. The first kappa shape index (κ1) is 17.3. The Kier molecular flexibility index (Phi) is 5.25. The fraction of sp³-hybridized carbons (Fsp3) is 0.333. The van der Waals surface area contributed by atoms with E-state index >= 15 is 0 Å². The number of anilines is 1. The normalized spacial score (nSPS) is 18.1. The van der Waals surface area contributed by atoms with Crippen LogP contribution >= 0.6 is 0 Å². The lowest BCUT2D eigenvalue weighted by atomic mass is 10.1. The number of benzene rings is 1. The quantitative estimate of drug-likeness (QED) is 0.877. The van der Waals surface area contributed by atoms with Gasteiger partial charge in [0.05, 0.1) is 17.9 Å². The number of pyridine rings is 1. The van der Waals surface area contributed by atoms with Crippen molar-refractivity contribution in [3.8, 4) is 5.69 Å². The van der Waals surface area contributed by atoms with Gasteiger partial charge in [0, 0.05) is 30.9 Å². The maximum absolute atomic E-state index is 14.3. The molecule has 0 saturated carbocycles. The van der Waals surface area contributed by atoms with E-state index in [0.29, 0.717) is 12.2 Å². The zero-order valence-electron chi connectivity index (χ0n) is 13.8. The first-order valence-electron chi connectivity index (χ1n) is 8.28. The van der Waals surface area contributed by atoms with Gasteiger partial charge in [-0.3, -0.25) is 19.1 Å². The molecule has 1 aromatic heterocycles. The summed E-state index contributed by atoms with van der Waals surface area (Å²) >= 11 is 0. The van der Waals surface area contributed by atoms with Crippen molar-refractivity contribution >= 4 is 11.6 Å². The van der Waals surface area contributed by atoms with Crippen LogP contribution in [0.2, 0.25) is 0 Å². The van der Waals surface area contributed by atoms with Crippen LogP contribution in [0.1, 0.15) is 12.8 Å². The summed E-state index contributed by atoms with van der Waals surface area (Å²) in [5, 5.41) is 2.58. The number of likely N-dealkylation sites (tertiary alicyclic amines) is 1. The molecule has 1 unspecified atom stereocenters. The number of nitrogens with one attached hydrogen (secondary N) is 1. The Labute approximate surface area is 145 Å². The number of carbonyl (C=O) groups excluding carboxylic acids is 1. The molecule has 2 aromatic rings. The predicted octanol–water partition coefficient (Wildman–Crippen LogP) is 1.34. The third kappa shape index (κ3) is 4.32. The SMILES string of the molecule is NC1CCCN(CC(=O)Nc2ccc(-n3ccccc3=O)cc2F)C1. The molecule has 1 aliphatic rings. The molecule has 1 aliphatic heterocycles. The van der Waals surface area contributed by atoms with Gasteiger partial charge in [-0.15, -0.1) is 0 Å². The second-order valence-electron chi connectivity index (χ2n) is 6.26. The van der Waals surface area contributed by atoms with Crippen molar-refractivity contribution in [1.82, 2.24) is 9.47 Å². The molecule has 1 saturated heterocycles. The summed E-state index contributed by atoms with van der Waals surface area (Å²) in [4.78, 5) is 25.9. The van der Waals surface area contributed by atoms with Gasteiger partial charge in [0.1, 0.15) is 5.82 Å². The molecule has 0 aliphatic carbocycles. The summed E-state index contributed by atoms with van der Waals surface area (Å²) < 4.78 is 15.6. The van der Waals surface area contributed by atoms with Crippen LogP contribution in [0.25, 0.3) is 5.69 Å². The number of hydrogen-bond donors (Lipinski definition) is 2. The van der Waals surface area contributed by atoms with Crippen molar-refractivity contribution in [1.29, 1.82) is 0 Å². The highest BCUT2D eigenvalue weighted by Crippen LogP contribution is 2.18. The van der Waals surface area contributed by atoms with Crippen LogP contribution in [0, 0.1) is 5.82 Å². The Balaban J connectivity index is 1.68. The molecule has 7 heteroatoms. The van der Waals surface area contributed by atoms with E-state index in [1.807, 2.05) is 4.90 Å². The highest BCUT2D eigenvalue weighted by Gasteiger charge is 2.19. The van der Waals surface area contributed by atoms with Gasteiger partial charge in [-0.25, -0.2) is 4.39 Å². The van der Waals surface area contributed by atoms with E-state index in [4.69, 9.17) is 5.73 Å². The van der Waals surface area contributed by atoms with E-state index in [0.717, 1.165) is 19.4 Å². The number of nitrogens with two attached hydrogens (primary N) is 1. The van der Waals surface area contributed by atoms with Crippen LogP contribution < -0.4 is 16.6 Å². The van der Waals surface area contributed by atoms with E-state index in [-0.39, 0.29) is 29.7 Å². The lowest BCUT2D eigenvalue weighted by molar-refractivity contribution is -0.117. The van der Waals surface area contributed by atoms with Gasteiger partial charge in [0.2, 0.25) is 5.91 Å². The molecule has 1 fully saturated rings. The van der Waals surface area contributed by atoms with E-state index in [9.17, 15) is 14.0 Å². The summed E-state index contributed by atoms with van der Waals surface area (Å²) in [5.74, 6) is -0.866. The Morgan fingerprint density at radius 2 is 2.16 bits per heavy atom. The zero-order chi connectivity index (χ0) is 17.8. The average molecular weight is 344 g/mol. The third-order valence-corrected chi connectivity index (χ3v) is 4.24. The van der Waals surface area contributed by atoms with Crippen molar-refractivity contribution in [3.05, 3.63) is 58.8 Å². The Morgan fingerprint density at radius 3 is 2.88 bits per heavy atom. The molecule has 3 N–H and O–H groups in total. The van der Waals surface area contributed by atoms with Gasteiger partial charge in [-0.1, -0.05) is 6.07 Å². The largest absolute Gasteiger partial charge is 0.327 e. The number of nitrogens with zero attached hydrogens (tertiary/aromatic N) is 2. The summed E-state index contributed by atoms with van der Waals surface area (Å²) in [5.41, 5.74) is 6.15. The van der Waals surface area contributed by atoms with E-state index in [2.05, 4.69) is 5.32 Å². The minimum absolute atomic E-state index is 0.0850. The van der Waals surface area contributed by atoms with Gasteiger partial charge in [0.15, 0.2) is 0 Å². The molecule has 0 radical (unpaired) electrons. The fourth-order valence-corrected chi connectivity index (χ4v) is 3.02. The van der Waals surface area contributed by atoms with Crippen molar-refractivity contribution < 1.29 is 9.18 Å². The molecule has 1 atom stereocenters. The maximum Gasteiger partial charge on any atom is 0.255 e. The Bertz CT molecular complexity index is 821. The highest BCUT2D eigenvalue weighted by atomic mass is 19.1. The van der Waals surface area contributed by atoms with Crippen LogP contribution in [-0.4, -0.2) is 41.1 Å². The van der Waals surface area contributed by atoms with Crippen molar-refractivity contribution in [2.45, 2.75) is 18.9 Å². The number of rotatable bonds is 4. The zero-order valence-corrected chi connectivity index (χ0v) is 13.8. The van der Waals surface area contributed by atoms with Crippen LogP contribution in [0.4, 0.5) is 10.1 Å². The lowest BCUT2D eigenvalue weighted by Crippen LogP contribution is -2.45. The van der Waals surface area contributed by atoms with E-state index in [1.165, 1.54) is 22.8 Å². The molecule has 6 nitrogen and oxygen atoms in total. The van der Waals surface area contributed by atoms with Crippen molar-refractivity contribution in [3.63, 3.8) is 0 Å². The fourth-order valence-electron chi connectivity index (χ4n) is 3.02. The second-order valence-corrected chi connectivity index (χ2v) is 6.26. The number of carbonyl (C=O) groups is 1. The standard InChI is InChI=1S/C18H21FN4O2/c19-15-10-14(23-9-2-1-5-18(23)25)6-7-16(15)21-17(24)12-22-8-3-4-13(20)11-22/h1-2,5-7,9-10,13H,3-4,8,11-12,20H2,(H,21,24). The molecule has 2 heterocycles. The average Bonchev–Trinajstić information content (AvgIpc) is 2.57.